The maximum absolute atomic E-state index is 12.1. The maximum atomic E-state index is 12.1. The van der Waals surface area contributed by atoms with E-state index < -0.39 is 12.3 Å². The highest BCUT2D eigenvalue weighted by Crippen LogP contribution is 2.30. The Kier molecular flexibility index (Phi) is 5.35. The van der Waals surface area contributed by atoms with E-state index in [0.29, 0.717) is 24.7 Å². The second kappa shape index (κ2) is 6.78. The molecule has 4 nitrogen and oxygen atoms in total. The number of amides is 1. The van der Waals surface area contributed by atoms with Gasteiger partial charge in [-0.1, -0.05) is 0 Å². The van der Waals surface area contributed by atoms with Crippen LogP contribution in [0.3, 0.4) is 0 Å². The molecular formula is C12H15F2NO3. The highest BCUT2D eigenvalue weighted by Gasteiger charge is 2.16. The fraction of sp³-hybridized carbons (Fsp3) is 0.417. The zero-order valence-electron chi connectivity index (χ0n) is 10.2. The summed E-state index contributed by atoms with van der Waals surface area (Å²) >= 11 is 0. The molecule has 0 aromatic heterocycles. The first-order valence-electron chi connectivity index (χ1n) is 5.57. The van der Waals surface area contributed by atoms with Crippen LogP contribution in [-0.2, 0) is 4.79 Å². The third-order valence-corrected chi connectivity index (χ3v) is 2.01. The van der Waals surface area contributed by atoms with Crippen molar-refractivity contribution in [1.82, 2.24) is 0 Å². The Labute approximate surface area is 104 Å². The van der Waals surface area contributed by atoms with Crippen molar-refractivity contribution in [2.45, 2.75) is 20.3 Å². The molecule has 1 N–H and O–H groups in total. The Morgan fingerprint density at radius 2 is 1.83 bits per heavy atom. The standard InChI is InChI=1S/C12H15F2NO3/c1-3-17-9-6-5-8(7-10(9)18-4-2)15-12(16)11(13)14/h5-7,11H,3-4H2,1-2H3,(H,15,16). The highest BCUT2D eigenvalue weighted by atomic mass is 19.3. The van der Waals surface area contributed by atoms with Crippen LogP contribution >= 0.6 is 0 Å². The van der Waals surface area contributed by atoms with Crippen molar-refractivity contribution in [3.05, 3.63) is 18.2 Å². The molecule has 0 saturated heterocycles. The second-order valence-electron chi connectivity index (χ2n) is 3.32. The molecule has 0 aliphatic heterocycles. The molecular weight excluding hydrogens is 244 g/mol. The minimum absolute atomic E-state index is 0.243. The zero-order valence-corrected chi connectivity index (χ0v) is 10.2. The van der Waals surface area contributed by atoms with Crippen molar-refractivity contribution < 1.29 is 23.0 Å². The lowest BCUT2D eigenvalue weighted by Gasteiger charge is -2.12. The highest BCUT2D eigenvalue weighted by molar-refractivity contribution is 5.93. The summed E-state index contributed by atoms with van der Waals surface area (Å²) in [7, 11) is 0. The Morgan fingerprint density at radius 3 is 2.39 bits per heavy atom. The number of nitrogens with one attached hydrogen (secondary N) is 1. The van der Waals surface area contributed by atoms with Crippen molar-refractivity contribution in [1.29, 1.82) is 0 Å². The van der Waals surface area contributed by atoms with Crippen LogP contribution in [0, 0.1) is 0 Å². The third-order valence-electron chi connectivity index (χ3n) is 2.01. The maximum Gasteiger partial charge on any atom is 0.315 e. The number of carbonyl (C=O) groups excluding carboxylic acids is 1. The Hall–Kier alpha value is -1.85. The molecule has 0 spiro atoms. The quantitative estimate of drug-likeness (QED) is 0.854. The molecule has 0 aliphatic rings. The molecule has 0 heterocycles. The molecule has 0 atom stereocenters. The largest absolute Gasteiger partial charge is 0.490 e. The lowest BCUT2D eigenvalue weighted by atomic mass is 10.2. The van der Waals surface area contributed by atoms with E-state index in [1.807, 2.05) is 6.92 Å². The van der Waals surface area contributed by atoms with E-state index in [9.17, 15) is 13.6 Å². The van der Waals surface area contributed by atoms with Crippen molar-refractivity contribution >= 4 is 11.6 Å². The molecule has 1 rings (SSSR count). The van der Waals surface area contributed by atoms with Gasteiger partial charge in [0.1, 0.15) is 0 Å². The summed E-state index contributed by atoms with van der Waals surface area (Å²) in [6.45, 7) is 4.48. The molecule has 0 unspecified atom stereocenters. The van der Waals surface area contributed by atoms with Crippen LogP contribution in [0.5, 0.6) is 11.5 Å². The Bertz CT molecular complexity index is 410. The number of hydrogen-bond acceptors (Lipinski definition) is 3. The number of ether oxygens (including phenoxy) is 2. The van der Waals surface area contributed by atoms with E-state index in [-0.39, 0.29) is 5.69 Å². The number of rotatable bonds is 6. The molecule has 100 valence electrons. The van der Waals surface area contributed by atoms with E-state index in [2.05, 4.69) is 5.32 Å². The van der Waals surface area contributed by atoms with Gasteiger partial charge in [0.15, 0.2) is 11.5 Å². The predicted molar refractivity (Wildman–Crippen MR) is 63.4 cm³/mol. The lowest BCUT2D eigenvalue weighted by Crippen LogP contribution is -2.20. The van der Waals surface area contributed by atoms with Gasteiger partial charge >= 0.3 is 6.43 Å². The fourth-order valence-corrected chi connectivity index (χ4v) is 1.33. The van der Waals surface area contributed by atoms with E-state index >= 15 is 0 Å². The zero-order chi connectivity index (χ0) is 13.5. The first-order valence-corrected chi connectivity index (χ1v) is 5.57. The van der Waals surface area contributed by atoms with Crippen molar-refractivity contribution in [3.63, 3.8) is 0 Å². The van der Waals surface area contributed by atoms with Crippen molar-refractivity contribution in [3.8, 4) is 11.5 Å². The van der Waals surface area contributed by atoms with Gasteiger partial charge in [-0.15, -0.1) is 0 Å². The fourth-order valence-electron chi connectivity index (χ4n) is 1.33. The van der Waals surface area contributed by atoms with Crippen LogP contribution < -0.4 is 14.8 Å². The van der Waals surface area contributed by atoms with Gasteiger partial charge in [-0.2, -0.15) is 8.78 Å². The molecule has 18 heavy (non-hydrogen) atoms. The van der Waals surface area contributed by atoms with E-state index in [1.54, 1.807) is 13.0 Å². The third kappa shape index (κ3) is 3.87. The van der Waals surface area contributed by atoms with Crippen LogP contribution in [0.15, 0.2) is 18.2 Å². The van der Waals surface area contributed by atoms with Gasteiger partial charge in [-0.05, 0) is 26.0 Å². The number of benzene rings is 1. The van der Waals surface area contributed by atoms with Gasteiger partial charge in [0.25, 0.3) is 5.91 Å². The number of hydrogen-bond donors (Lipinski definition) is 1. The molecule has 1 aromatic carbocycles. The minimum Gasteiger partial charge on any atom is -0.490 e. The van der Waals surface area contributed by atoms with Crippen LogP contribution in [0.2, 0.25) is 0 Å². The number of anilines is 1. The van der Waals surface area contributed by atoms with Gasteiger partial charge in [0, 0.05) is 11.8 Å². The second-order valence-corrected chi connectivity index (χ2v) is 3.32. The Morgan fingerprint density at radius 1 is 1.22 bits per heavy atom. The molecule has 1 aromatic rings. The van der Waals surface area contributed by atoms with Gasteiger partial charge < -0.3 is 14.8 Å². The van der Waals surface area contributed by atoms with Gasteiger partial charge in [0.05, 0.1) is 13.2 Å². The predicted octanol–water partition coefficient (Wildman–Crippen LogP) is 2.69. The van der Waals surface area contributed by atoms with Gasteiger partial charge in [0.2, 0.25) is 0 Å². The summed E-state index contributed by atoms with van der Waals surface area (Å²) in [4.78, 5) is 10.9. The molecule has 1 amide bonds. The number of halogens is 2. The van der Waals surface area contributed by atoms with E-state index in [0.717, 1.165) is 0 Å². The molecule has 0 saturated carbocycles. The summed E-state index contributed by atoms with van der Waals surface area (Å²) in [5, 5.41) is 2.08. The first-order chi connectivity index (χ1) is 8.58. The van der Waals surface area contributed by atoms with E-state index in [1.165, 1.54) is 12.1 Å². The first kappa shape index (κ1) is 14.2. The normalized spacial score (nSPS) is 10.3. The summed E-state index contributed by atoms with van der Waals surface area (Å²) in [6.07, 6.45) is -3.05. The van der Waals surface area contributed by atoms with Gasteiger partial charge in [-0.3, -0.25) is 4.79 Å². The van der Waals surface area contributed by atoms with E-state index in [4.69, 9.17) is 9.47 Å². The summed E-state index contributed by atoms with van der Waals surface area (Å²) in [5.74, 6) is -0.428. The smallest absolute Gasteiger partial charge is 0.315 e. The van der Waals surface area contributed by atoms with Gasteiger partial charge in [-0.25, -0.2) is 0 Å². The number of alkyl halides is 2. The van der Waals surface area contributed by atoms with Crippen LogP contribution in [0.4, 0.5) is 14.5 Å². The summed E-state index contributed by atoms with van der Waals surface area (Å²) < 4.78 is 34.8. The monoisotopic (exact) mass is 259 g/mol. The molecule has 0 bridgehead atoms. The molecule has 0 radical (unpaired) electrons. The molecule has 0 aliphatic carbocycles. The average Bonchev–Trinajstić information content (AvgIpc) is 2.33. The van der Waals surface area contributed by atoms with Crippen molar-refractivity contribution in [2.24, 2.45) is 0 Å². The molecule has 0 fully saturated rings. The van der Waals surface area contributed by atoms with Crippen LogP contribution in [0.1, 0.15) is 13.8 Å². The Balaban J connectivity index is 2.88. The minimum atomic E-state index is -3.05. The SMILES string of the molecule is CCOc1ccc(NC(=O)C(F)F)cc1OCC. The lowest BCUT2D eigenvalue weighted by molar-refractivity contribution is -0.126. The summed E-state index contributed by atoms with van der Waals surface area (Å²) in [5.41, 5.74) is 0.243. The van der Waals surface area contributed by atoms with Crippen LogP contribution in [-0.4, -0.2) is 25.5 Å². The number of carbonyl (C=O) groups is 1. The van der Waals surface area contributed by atoms with Crippen LogP contribution in [0.25, 0.3) is 0 Å². The topological polar surface area (TPSA) is 47.6 Å². The van der Waals surface area contributed by atoms with Crippen molar-refractivity contribution in [2.75, 3.05) is 18.5 Å². The molecule has 6 heteroatoms. The summed E-state index contributed by atoms with van der Waals surface area (Å²) in [6, 6.07) is 4.50. The average molecular weight is 259 g/mol.